The molecule has 0 aliphatic heterocycles. The van der Waals surface area contributed by atoms with E-state index in [1.807, 2.05) is 54.6 Å². The second-order valence-electron chi connectivity index (χ2n) is 11.4. The zero-order valence-corrected chi connectivity index (χ0v) is 25.4. The Morgan fingerprint density at radius 1 is 0.457 bits per heavy atom. The van der Waals surface area contributed by atoms with Crippen LogP contribution in [0.2, 0.25) is 0 Å². The maximum Gasteiger partial charge on any atom is 0.160 e. The minimum absolute atomic E-state index is 0.682. The summed E-state index contributed by atoms with van der Waals surface area (Å²) >= 11 is 0. The van der Waals surface area contributed by atoms with Crippen LogP contribution in [0.15, 0.2) is 164 Å². The summed E-state index contributed by atoms with van der Waals surface area (Å²) in [4.78, 5) is 14.4. The van der Waals surface area contributed by atoms with Crippen LogP contribution < -0.4 is 0 Å². The van der Waals surface area contributed by atoms with E-state index in [1.54, 1.807) is 6.20 Å². The number of pyridine rings is 1. The molecule has 4 nitrogen and oxygen atoms in total. The van der Waals surface area contributed by atoms with Gasteiger partial charge >= 0.3 is 0 Å². The number of aryl methyl sites for hydroxylation is 1. The number of fused-ring (bicyclic) bond motifs is 1. The molecule has 3 aromatic heterocycles. The summed E-state index contributed by atoms with van der Waals surface area (Å²) in [6, 6.07) is 54.8. The molecule has 0 saturated heterocycles. The lowest BCUT2D eigenvalue weighted by molar-refractivity contribution is 1.13. The van der Waals surface area contributed by atoms with Crippen LogP contribution in [0.4, 0.5) is 0 Å². The van der Waals surface area contributed by atoms with Gasteiger partial charge in [-0.25, -0.2) is 9.97 Å². The van der Waals surface area contributed by atoms with Crippen molar-refractivity contribution >= 4 is 10.9 Å². The van der Waals surface area contributed by atoms with Crippen molar-refractivity contribution in [3.05, 3.63) is 169 Å². The highest BCUT2D eigenvalue weighted by molar-refractivity contribution is 5.93. The van der Waals surface area contributed by atoms with Gasteiger partial charge in [-0.1, -0.05) is 121 Å². The number of hydrogen-bond donors (Lipinski definition) is 0. The second kappa shape index (κ2) is 11.8. The van der Waals surface area contributed by atoms with Gasteiger partial charge in [-0.2, -0.15) is 0 Å². The second-order valence-corrected chi connectivity index (χ2v) is 11.4. The normalized spacial score (nSPS) is 11.2. The molecule has 0 unspecified atom stereocenters. The third-order valence-corrected chi connectivity index (χ3v) is 8.50. The van der Waals surface area contributed by atoms with Crippen LogP contribution >= 0.6 is 0 Å². The first kappa shape index (κ1) is 27.4. The Kier molecular flexibility index (Phi) is 7.01. The zero-order valence-electron chi connectivity index (χ0n) is 25.4. The fraction of sp³-hybridized carbons (Fsp3) is 0.0238. The molecule has 8 rings (SSSR count). The lowest BCUT2D eigenvalue weighted by Gasteiger charge is -2.13. The third kappa shape index (κ3) is 5.06. The number of nitrogens with zero attached hydrogens (tertiary/aromatic N) is 4. The van der Waals surface area contributed by atoms with Gasteiger partial charge in [-0.3, -0.25) is 4.98 Å². The maximum absolute atomic E-state index is 4.97. The molecule has 5 aromatic carbocycles. The zero-order chi connectivity index (χ0) is 30.9. The first-order valence-corrected chi connectivity index (χ1v) is 15.5. The molecule has 0 amide bonds. The summed E-state index contributed by atoms with van der Waals surface area (Å²) in [6.45, 7) is 2.22. The van der Waals surface area contributed by atoms with Crippen LogP contribution in [0.1, 0.15) is 5.56 Å². The van der Waals surface area contributed by atoms with Crippen LogP contribution in [0, 0.1) is 6.92 Å². The van der Waals surface area contributed by atoms with Gasteiger partial charge in [-0.05, 0) is 65.6 Å². The molecule has 8 aromatic rings. The van der Waals surface area contributed by atoms with Crippen LogP contribution in [0.25, 0.3) is 73.0 Å². The quantitative estimate of drug-likeness (QED) is 0.193. The number of rotatable bonds is 6. The highest BCUT2D eigenvalue weighted by Gasteiger charge is 2.17. The van der Waals surface area contributed by atoms with Crippen molar-refractivity contribution < 1.29 is 0 Å². The van der Waals surface area contributed by atoms with E-state index in [9.17, 15) is 0 Å². The van der Waals surface area contributed by atoms with Gasteiger partial charge < -0.3 is 4.57 Å². The summed E-state index contributed by atoms with van der Waals surface area (Å²) in [5.74, 6) is 0.682. The summed E-state index contributed by atoms with van der Waals surface area (Å²) in [6.07, 6.45) is 1.79. The smallest absolute Gasteiger partial charge is 0.160 e. The molecular formula is C42H30N4. The predicted molar refractivity (Wildman–Crippen MR) is 189 cm³/mol. The van der Waals surface area contributed by atoms with E-state index in [1.165, 1.54) is 27.7 Å². The molecule has 0 aliphatic rings. The van der Waals surface area contributed by atoms with Gasteiger partial charge in [0.15, 0.2) is 5.82 Å². The van der Waals surface area contributed by atoms with E-state index in [0.717, 1.165) is 45.0 Å². The predicted octanol–water partition coefficient (Wildman–Crippen LogP) is 10.5. The molecule has 46 heavy (non-hydrogen) atoms. The molecule has 4 heteroatoms. The first-order chi connectivity index (χ1) is 22.7. The molecule has 0 bridgehead atoms. The van der Waals surface area contributed by atoms with E-state index >= 15 is 0 Å². The molecule has 0 atom stereocenters. The molecule has 0 saturated carbocycles. The van der Waals surface area contributed by atoms with Gasteiger partial charge in [0, 0.05) is 28.4 Å². The number of para-hydroxylation sites is 1. The van der Waals surface area contributed by atoms with Crippen molar-refractivity contribution in [1.29, 1.82) is 0 Å². The van der Waals surface area contributed by atoms with Gasteiger partial charge in [0.05, 0.1) is 28.3 Å². The topological polar surface area (TPSA) is 43.6 Å². The minimum Gasteiger partial charge on any atom is -0.309 e. The fourth-order valence-electron chi connectivity index (χ4n) is 6.20. The third-order valence-electron chi connectivity index (χ3n) is 8.50. The summed E-state index contributed by atoms with van der Waals surface area (Å²) < 4.78 is 2.38. The Morgan fingerprint density at radius 3 is 1.74 bits per heavy atom. The van der Waals surface area contributed by atoms with E-state index in [0.29, 0.717) is 5.82 Å². The van der Waals surface area contributed by atoms with Crippen LogP contribution in [0.3, 0.4) is 0 Å². The van der Waals surface area contributed by atoms with Gasteiger partial charge in [0.2, 0.25) is 0 Å². The van der Waals surface area contributed by atoms with Crippen molar-refractivity contribution in [2.24, 2.45) is 0 Å². The van der Waals surface area contributed by atoms with Crippen molar-refractivity contribution in [2.45, 2.75) is 6.92 Å². The van der Waals surface area contributed by atoms with Crippen LogP contribution in [-0.2, 0) is 0 Å². The number of benzene rings is 5. The van der Waals surface area contributed by atoms with Crippen LogP contribution in [-0.4, -0.2) is 19.5 Å². The van der Waals surface area contributed by atoms with E-state index in [-0.39, 0.29) is 0 Å². The summed E-state index contributed by atoms with van der Waals surface area (Å²) in [5.41, 5.74) is 12.9. The Hall–Kier alpha value is -6.13. The van der Waals surface area contributed by atoms with Crippen molar-refractivity contribution in [1.82, 2.24) is 19.5 Å². The lowest BCUT2D eigenvalue weighted by atomic mass is 10.0. The average molecular weight is 591 g/mol. The minimum atomic E-state index is 0.682. The van der Waals surface area contributed by atoms with E-state index in [2.05, 4.69) is 120 Å². The van der Waals surface area contributed by atoms with Gasteiger partial charge in [-0.15, -0.1) is 0 Å². The summed E-state index contributed by atoms with van der Waals surface area (Å²) in [5, 5.41) is 1.27. The van der Waals surface area contributed by atoms with Crippen LogP contribution in [0.5, 0.6) is 0 Å². The molecule has 218 valence electrons. The Labute approximate surface area is 268 Å². The summed E-state index contributed by atoms with van der Waals surface area (Å²) in [7, 11) is 0. The average Bonchev–Trinajstić information content (AvgIpc) is 3.44. The largest absolute Gasteiger partial charge is 0.309 e. The lowest BCUT2D eigenvalue weighted by Crippen LogP contribution is -1.97. The number of aromatic nitrogens is 4. The van der Waals surface area contributed by atoms with Gasteiger partial charge in [0.25, 0.3) is 0 Å². The maximum atomic E-state index is 4.97. The standard InChI is InChI=1S/C42H30N4/c1-29-36-16-8-9-18-40(36)46(41(29)33-12-4-2-5-13-33)35-25-23-31(24-26-35)30-19-21-32(22-20-30)38-28-39(37-17-10-11-27-43-37)45-42(44-38)34-14-6-3-7-15-34/h2-28H,1H3. The van der Waals surface area contributed by atoms with Gasteiger partial charge in [0.1, 0.15) is 0 Å². The Morgan fingerprint density at radius 2 is 1.04 bits per heavy atom. The van der Waals surface area contributed by atoms with Crippen molar-refractivity contribution in [3.8, 4) is 62.1 Å². The molecule has 0 aliphatic carbocycles. The highest BCUT2D eigenvalue weighted by Crippen LogP contribution is 2.36. The molecule has 0 fully saturated rings. The fourth-order valence-corrected chi connectivity index (χ4v) is 6.20. The number of hydrogen-bond acceptors (Lipinski definition) is 3. The highest BCUT2D eigenvalue weighted by atomic mass is 15.0. The monoisotopic (exact) mass is 590 g/mol. The molecule has 0 radical (unpaired) electrons. The van der Waals surface area contributed by atoms with Crippen molar-refractivity contribution in [2.75, 3.05) is 0 Å². The van der Waals surface area contributed by atoms with E-state index in [4.69, 9.17) is 9.97 Å². The Balaban J connectivity index is 1.15. The van der Waals surface area contributed by atoms with E-state index < -0.39 is 0 Å². The molecule has 3 heterocycles. The first-order valence-electron chi connectivity index (χ1n) is 15.5. The molecule has 0 N–H and O–H groups in total. The molecular weight excluding hydrogens is 560 g/mol. The molecule has 0 spiro atoms. The van der Waals surface area contributed by atoms with Crippen molar-refractivity contribution in [3.63, 3.8) is 0 Å². The Bertz CT molecular complexity index is 2210. The SMILES string of the molecule is Cc1c(-c2ccccc2)n(-c2ccc(-c3ccc(-c4cc(-c5ccccn5)nc(-c5ccccc5)n4)cc3)cc2)c2ccccc12.